The highest BCUT2D eigenvalue weighted by Crippen LogP contribution is 2.29. The highest BCUT2D eigenvalue weighted by Gasteiger charge is 2.24. The summed E-state index contributed by atoms with van der Waals surface area (Å²) in [6.07, 6.45) is 3.94. The van der Waals surface area contributed by atoms with Crippen LogP contribution < -0.4 is 5.56 Å². The molecule has 3 aromatic rings. The molecule has 0 radical (unpaired) electrons. The molecule has 1 amide bonds. The molecule has 0 aliphatic carbocycles. The standard InChI is InChI=1S/C22H22N4O2S/c1-14-18-20(24-17-9-4-3-5-10-26(17)21(18)27)29-19(14)22(28)25(2)13-16-8-6-7-15(11-16)12-23/h6-8,11H,3-5,9-10,13H2,1-2H3. The second kappa shape index (κ2) is 7.80. The van der Waals surface area contributed by atoms with E-state index in [4.69, 9.17) is 10.2 Å². The highest BCUT2D eigenvalue weighted by atomic mass is 32.1. The van der Waals surface area contributed by atoms with E-state index < -0.39 is 0 Å². The van der Waals surface area contributed by atoms with Crippen molar-refractivity contribution < 1.29 is 4.79 Å². The molecule has 0 saturated heterocycles. The number of carbonyl (C=O) groups excluding carboxylic acids is 1. The molecule has 2 aromatic heterocycles. The van der Waals surface area contributed by atoms with Gasteiger partial charge in [0.1, 0.15) is 10.7 Å². The molecule has 0 bridgehead atoms. The van der Waals surface area contributed by atoms with Crippen LogP contribution >= 0.6 is 11.3 Å². The molecule has 0 fully saturated rings. The predicted octanol–water partition coefficient (Wildman–Crippen LogP) is 3.64. The Labute approximate surface area is 173 Å². The summed E-state index contributed by atoms with van der Waals surface area (Å²) in [5.74, 6) is 0.703. The Balaban J connectivity index is 1.69. The van der Waals surface area contributed by atoms with Crippen molar-refractivity contribution in [3.8, 4) is 6.07 Å². The second-order valence-corrected chi connectivity index (χ2v) is 8.50. The lowest BCUT2D eigenvalue weighted by molar-refractivity contribution is 0.0789. The summed E-state index contributed by atoms with van der Waals surface area (Å²) in [5.41, 5.74) is 2.15. The van der Waals surface area contributed by atoms with Crippen LogP contribution in [0.5, 0.6) is 0 Å². The van der Waals surface area contributed by atoms with E-state index in [1.165, 1.54) is 11.3 Å². The first-order valence-electron chi connectivity index (χ1n) is 9.77. The molecule has 29 heavy (non-hydrogen) atoms. The van der Waals surface area contributed by atoms with E-state index in [2.05, 4.69) is 6.07 Å². The van der Waals surface area contributed by atoms with Crippen molar-refractivity contribution in [1.29, 1.82) is 5.26 Å². The van der Waals surface area contributed by atoms with Crippen LogP contribution in [-0.4, -0.2) is 27.4 Å². The van der Waals surface area contributed by atoms with Crippen LogP contribution in [0.4, 0.5) is 0 Å². The first-order chi connectivity index (χ1) is 14.0. The van der Waals surface area contributed by atoms with Gasteiger partial charge in [-0.25, -0.2) is 4.98 Å². The highest BCUT2D eigenvalue weighted by molar-refractivity contribution is 7.20. The molecule has 4 rings (SSSR count). The lowest BCUT2D eigenvalue weighted by Gasteiger charge is -2.17. The average molecular weight is 407 g/mol. The maximum atomic E-state index is 13.1. The van der Waals surface area contributed by atoms with Crippen molar-refractivity contribution in [2.45, 2.75) is 45.7 Å². The summed E-state index contributed by atoms with van der Waals surface area (Å²) < 4.78 is 1.79. The van der Waals surface area contributed by atoms with E-state index >= 15 is 0 Å². The third kappa shape index (κ3) is 3.56. The quantitative estimate of drug-likeness (QED) is 0.665. The molecule has 1 aliphatic rings. The minimum Gasteiger partial charge on any atom is -0.337 e. The third-order valence-electron chi connectivity index (χ3n) is 5.43. The largest absolute Gasteiger partial charge is 0.337 e. The number of thiophene rings is 1. The van der Waals surface area contributed by atoms with Gasteiger partial charge in [0.2, 0.25) is 0 Å². The Morgan fingerprint density at radius 1 is 1.34 bits per heavy atom. The summed E-state index contributed by atoms with van der Waals surface area (Å²) in [7, 11) is 1.74. The molecule has 6 nitrogen and oxygen atoms in total. The fourth-order valence-electron chi connectivity index (χ4n) is 3.87. The fraction of sp³-hybridized carbons (Fsp3) is 0.364. The van der Waals surface area contributed by atoms with Crippen LogP contribution in [0.3, 0.4) is 0 Å². The molecule has 1 aliphatic heterocycles. The summed E-state index contributed by atoms with van der Waals surface area (Å²) >= 11 is 1.30. The monoisotopic (exact) mass is 406 g/mol. The molecule has 0 spiro atoms. The maximum Gasteiger partial charge on any atom is 0.264 e. The molecule has 148 valence electrons. The molecule has 3 heterocycles. The van der Waals surface area contributed by atoms with Crippen LogP contribution in [-0.2, 0) is 19.5 Å². The zero-order valence-electron chi connectivity index (χ0n) is 16.6. The summed E-state index contributed by atoms with van der Waals surface area (Å²) in [4.78, 5) is 33.8. The van der Waals surface area contributed by atoms with Crippen LogP contribution in [0.2, 0.25) is 0 Å². The van der Waals surface area contributed by atoms with Gasteiger partial charge >= 0.3 is 0 Å². The number of carbonyl (C=O) groups is 1. The number of amides is 1. The second-order valence-electron chi connectivity index (χ2n) is 7.51. The van der Waals surface area contributed by atoms with Gasteiger partial charge in [0.05, 0.1) is 21.9 Å². The summed E-state index contributed by atoms with van der Waals surface area (Å²) in [6, 6.07) is 9.35. The van der Waals surface area contributed by atoms with Gasteiger partial charge in [0, 0.05) is 26.6 Å². The molecule has 0 unspecified atom stereocenters. The van der Waals surface area contributed by atoms with E-state index in [-0.39, 0.29) is 11.5 Å². The zero-order chi connectivity index (χ0) is 20.5. The number of nitriles is 1. The summed E-state index contributed by atoms with van der Waals surface area (Å²) in [5, 5.41) is 9.64. The van der Waals surface area contributed by atoms with E-state index in [0.717, 1.165) is 37.1 Å². The molecule has 7 heteroatoms. The van der Waals surface area contributed by atoms with E-state index in [0.29, 0.717) is 39.3 Å². The lowest BCUT2D eigenvalue weighted by atomic mass is 10.1. The lowest BCUT2D eigenvalue weighted by Crippen LogP contribution is -2.26. The topological polar surface area (TPSA) is 79.0 Å². The van der Waals surface area contributed by atoms with Crippen LogP contribution in [0.1, 0.15) is 51.4 Å². The molecule has 0 N–H and O–H groups in total. The average Bonchev–Trinajstić information content (AvgIpc) is 2.89. The molecule has 1 aromatic carbocycles. The number of hydrogen-bond donors (Lipinski definition) is 0. The minimum atomic E-state index is -0.132. The Kier molecular flexibility index (Phi) is 5.20. The molecule has 0 saturated carbocycles. The van der Waals surface area contributed by atoms with Crippen LogP contribution in [0.25, 0.3) is 10.2 Å². The van der Waals surface area contributed by atoms with Gasteiger partial charge in [-0.05, 0) is 43.0 Å². The number of benzene rings is 1. The Bertz CT molecular complexity index is 1200. The Morgan fingerprint density at radius 2 is 2.17 bits per heavy atom. The first kappa shape index (κ1) is 19.3. The van der Waals surface area contributed by atoms with Gasteiger partial charge in [-0.1, -0.05) is 18.6 Å². The molecule has 0 atom stereocenters. The minimum absolute atomic E-state index is 0.0240. The van der Waals surface area contributed by atoms with Crippen molar-refractivity contribution >= 4 is 27.5 Å². The summed E-state index contributed by atoms with van der Waals surface area (Å²) in [6.45, 7) is 2.93. The van der Waals surface area contributed by atoms with E-state index in [9.17, 15) is 9.59 Å². The van der Waals surface area contributed by atoms with Gasteiger partial charge in [0.15, 0.2) is 0 Å². The van der Waals surface area contributed by atoms with Crippen molar-refractivity contribution in [1.82, 2.24) is 14.5 Å². The normalized spacial score (nSPS) is 13.6. The number of nitrogens with zero attached hydrogens (tertiary/aromatic N) is 4. The third-order valence-corrected chi connectivity index (χ3v) is 6.60. The number of rotatable bonds is 3. The number of aryl methyl sites for hydroxylation is 2. The van der Waals surface area contributed by atoms with E-state index in [1.54, 1.807) is 28.6 Å². The van der Waals surface area contributed by atoms with Crippen LogP contribution in [0, 0.1) is 18.3 Å². The Hall–Kier alpha value is -2.98. The van der Waals surface area contributed by atoms with Gasteiger partial charge in [-0.15, -0.1) is 11.3 Å². The SMILES string of the molecule is Cc1c(C(=O)N(C)Cc2cccc(C#N)c2)sc2nc3n(c(=O)c12)CCCCC3. The smallest absolute Gasteiger partial charge is 0.264 e. The van der Waals surface area contributed by atoms with Crippen molar-refractivity contribution in [3.05, 3.63) is 62.0 Å². The van der Waals surface area contributed by atoms with Gasteiger partial charge < -0.3 is 4.90 Å². The van der Waals surface area contributed by atoms with Crippen molar-refractivity contribution in [2.24, 2.45) is 0 Å². The fourth-order valence-corrected chi connectivity index (χ4v) is 5.06. The van der Waals surface area contributed by atoms with Gasteiger partial charge in [0.25, 0.3) is 11.5 Å². The van der Waals surface area contributed by atoms with Gasteiger partial charge in [-0.3, -0.25) is 14.2 Å². The maximum absolute atomic E-state index is 13.1. The van der Waals surface area contributed by atoms with Crippen molar-refractivity contribution in [2.75, 3.05) is 7.05 Å². The van der Waals surface area contributed by atoms with Gasteiger partial charge in [-0.2, -0.15) is 5.26 Å². The number of fused-ring (bicyclic) bond motifs is 2. The zero-order valence-corrected chi connectivity index (χ0v) is 17.4. The molecular formula is C22H22N4O2S. The first-order valence-corrected chi connectivity index (χ1v) is 10.6. The Morgan fingerprint density at radius 3 is 2.97 bits per heavy atom. The predicted molar refractivity (Wildman–Crippen MR) is 113 cm³/mol. The molecular weight excluding hydrogens is 384 g/mol. The number of hydrogen-bond acceptors (Lipinski definition) is 5. The van der Waals surface area contributed by atoms with Crippen molar-refractivity contribution in [3.63, 3.8) is 0 Å². The number of aromatic nitrogens is 2. The van der Waals surface area contributed by atoms with E-state index in [1.807, 2.05) is 19.1 Å². The van der Waals surface area contributed by atoms with Crippen LogP contribution in [0.15, 0.2) is 29.1 Å².